The molecule has 3 atom stereocenters. The number of rotatable bonds is 17. The van der Waals surface area contributed by atoms with Crippen molar-refractivity contribution in [1.29, 1.82) is 0 Å². The highest BCUT2D eigenvalue weighted by molar-refractivity contribution is 6.08. The summed E-state index contributed by atoms with van der Waals surface area (Å²) < 4.78 is 4.82. The largest absolute Gasteiger partial charge is 0.368 e. The number of imide groups is 1. The molecular formula is C27H37N7O9. The monoisotopic (exact) mass is 603 g/mol. The molecule has 8 N–H and O–H groups in total. The second-order valence-corrected chi connectivity index (χ2v) is 9.87. The number of benzene rings is 1. The van der Waals surface area contributed by atoms with Crippen LogP contribution in [-0.2, 0) is 49.5 Å². The van der Waals surface area contributed by atoms with Gasteiger partial charge in [0.2, 0.25) is 47.3 Å². The first kappa shape index (κ1) is 34.3. The Kier molecular flexibility index (Phi) is 13.2. The standard InChI is InChI=1S/C27H37N7O9/c1-3-27(10-20(36)34-26(27)42)16(2)24(40)30-11-21(37)29-13-23(39)33-18(9-17-7-5-4-6-8-17)25(41)31-12-22(38)32-15-43-14-19(28)35/h4-8,16,18H,3,9-15H2,1-2H3,(H2,28,35)(H,29,37)(H,30,40)(H,31,41)(H,32,38)(H,33,39)(H,34,36,42). The number of carbonyl (C=O) groups excluding carboxylic acids is 8. The average molecular weight is 604 g/mol. The molecule has 1 aromatic carbocycles. The summed E-state index contributed by atoms with van der Waals surface area (Å²) >= 11 is 0. The molecule has 0 aromatic heterocycles. The zero-order chi connectivity index (χ0) is 32.0. The summed E-state index contributed by atoms with van der Waals surface area (Å²) in [6, 6.07) is 7.67. The summed E-state index contributed by atoms with van der Waals surface area (Å²) in [4.78, 5) is 96.9. The van der Waals surface area contributed by atoms with E-state index in [4.69, 9.17) is 10.5 Å². The van der Waals surface area contributed by atoms with Crippen molar-refractivity contribution >= 4 is 47.3 Å². The van der Waals surface area contributed by atoms with Gasteiger partial charge < -0.3 is 37.1 Å². The zero-order valence-corrected chi connectivity index (χ0v) is 23.9. The molecular weight excluding hydrogens is 566 g/mol. The summed E-state index contributed by atoms with van der Waals surface area (Å²) in [5.74, 6) is -5.90. The van der Waals surface area contributed by atoms with Gasteiger partial charge in [-0.15, -0.1) is 0 Å². The molecule has 1 aromatic rings. The van der Waals surface area contributed by atoms with E-state index in [2.05, 4.69) is 31.9 Å². The van der Waals surface area contributed by atoms with Crippen molar-refractivity contribution in [1.82, 2.24) is 31.9 Å². The molecule has 234 valence electrons. The maximum atomic E-state index is 12.8. The fourth-order valence-corrected chi connectivity index (χ4v) is 4.36. The Hall–Kier alpha value is -4.86. The first-order valence-electron chi connectivity index (χ1n) is 13.5. The van der Waals surface area contributed by atoms with E-state index in [0.29, 0.717) is 0 Å². The normalized spacial score (nSPS) is 17.2. The second kappa shape index (κ2) is 16.5. The van der Waals surface area contributed by atoms with Crippen LogP contribution in [0.4, 0.5) is 0 Å². The van der Waals surface area contributed by atoms with E-state index < -0.39 is 84.3 Å². The molecule has 1 saturated heterocycles. The SMILES string of the molecule is CCC1(C(C)C(=O)NCC(=O)NCC(=O)NC(Cc2ccccc2)C(=O)NCC(=O)NCOCC(N)=O)CC(=O)NC1=O. The maximum Gasteiger partial charge on any atom is 0.243 e. The van der Waals surface area contributed by atoms with Crippen molar-refractivity contribution in [2.45, 2.75) is 39.2 Å². The molecule has 16 heteroatoms. The fourth-order valence-electron chi connectivity index (χ4n) is 4.36. The molecule has 0 spiro atoms. The molecule has 0 saturated carbocycles. The lowest BCUT2D eigenvalue weighted by atomic mass is 9.72. The van der Waals surface area contributed by atoms with E-state index >= 15 is 0 Å². The summed E-state index contributed by atoms with van der Waals surface area (Å²) in [5, 5.41) is 14.2. The lowest BCUT2D eigenvalue weighted by Gasteiger charge is -2.29. The van der Waals surface area contributed by atoms with Crippen LogP contribution < -0.4 is 37.6 Å². The average Bonchev–Trinajstić information content (AvgIpc) is 3.28. The first-order valence-corrected chi connectivity index (χ1v) is 13.5. The van der Waals surface area contributed by atoms with Crippen LogP contribution in [-0.4, -0.2) is 86.3 Å². The molecule has 16 nitrogen and oxygen atoms in total. The Morgan fingerprint density at radius 1 is 0.907 bits per heavy atom. The molecule has 2 rings (SSSR count). The number of amides is 8. The predicted molar refractivity (Wildman–Crippen MR) is 149 cm³/mol. The third kappa shape index (κ3) is 10.8. The van der Waals surface area contributed by atoms with Gasteiger partial charge in [-0.25, -0.2) is 0 Å². The highest BCUT2D eigenvalue weighted by Crippen LogP contribution is 2.39. The smallest absolute Gasteiger partial charge is 0.243 e. The van der Waals surface area contributed by atoms with Crippen LogP contribution in [0.3, 0.4) is 0 Å². The van der Waals surface area contributed by atoms with Gasteiger partial charge in [0.1, 0.15) is 19.4 Å². The summed E-state index contributed by atoms with van der Waals surface area (Å²) in [5.41, 5.74) is 4.44. The van der Waals surface area contributed by atoms with Crippen LogP contribution >= 0.6 is 0 Å². The highest BCUT2D eigenvalue weighted by atomic mass is 16.5. The van der Waals surface area contributed by atoms with Gasteiger partial charge in [0.05, 0.1) is 31.0 Å². The molecule has 0 aliphatic carbocycles. The van der Waals surface area contributed by atoms with E-state index in [-0.39, 0.29) is 32.6 Å². The lowest BCUT2D eigenvalue weighted by molar-refractivity contribution is -0.139. The van der Waals surface area contributed by atoms with Crippen LogP contribution in [0.5, 0.6) is 0 Å². The maximum absolute atomic E-state index is 12.8. The van der Waals surface area contributed by atoms with Gasteiger partial charge in [-0.05, 0) is 12.0 Å². The Morgan fingerprint density at radius 3 is 2.09 bits per heavy atom. The lowest BCUT2D eigenvalue weighted by Crippen LogP contribution is -2.52. The number of nitrogens with two attached hydrogens (primary N) is 1. The van der Waals surface area contributed by atoms with Gasteiger partial charge in [-0.1, -0.05) is 44.2 Å². The van der Waals surface area contributed by atoms with Crippen molar-refractivity contribution in [2.75, 3.05) is 33.0 Å². The highest BCUT2D eigenvalue weighted by Gasteiger charge is 2.51. The predicted octanol–water partition coefficient (Wildman–Crippen LogP) is -3.28. The van der Waals surface area contributed by atoms with Crippen LogP contribution in [0.1, 0.15) is 32.3 Å². The van der Waals surface area contributed by atoms with Crippen LogP contribution in [0.15, 0.2) is 30.3 Å². The fraction of sp³-hybridized carbons (Fsp3) is 0.481. The molecule has 1 aliphatic heterocycles. The van der Waals surface area contributed by atoms with Gasteiger partial charge >= 0.3 is 0 Å². The topological polar surface area (TPSA) is 244 Å². The zero-order valence-electron chi connectivity index (χ0n) is 23.9. The summed E-state index contributed by atoms with van der Waals surface area (Å²) in [6.45, 7) is 1.06. The minimum absolute atomic E-state index is 0.0822. The van der Waals surface area contributed by atoms with Gasteiger partial charge in [0.25, 0.3) is 0 Å². The molecule has 43 heavy (non-hydrogen) atoms. The van der Waals surface area contributed by atoms with Gasteiger partial charge in [0.15, 0.2) is 0 Å². The molecule has 1 aliphatic rings. The minimum Gasteiger partial charge on any atom is -0.368 e. The van der Waals surface area contributed by atoms with Crippen molar-refractivity contribution in [3.8, 4) is 0 Å². The summed E-state index contributed by atoms with van der Waals surface area (Å²) in [6.07, 6.45) is 0.204. The third-order valence-corrected chi connectivity index (χ3v) is 6.88. The molecule has 0 radical (unpaired) electrons. The third-order valence-electron chi connectivity index (χ3n) is 6.88. The van der Waals surface area contributed by atoms with Crippen molar-refractivity contribution in [3.63, 3.8) is 0 Å². The van der Waals surface area contributed by atoms with E-state index in [0.717, 1.165) is 5.56 Å². The molecule has 8 amide bonds. The van der Waals surface area contributed by atoms with Crippen LogP contribution in [0.2, 0.25) is 0 Å². The van der Waals surface area contributed by atoms with E-state index in [1.165, 1.54) is 6.92 Å². The first-order chi connectivity index (χ1) is 20.4. The Balaban J connectivity index is 1.86. The van der Waals surface area contributed by atoms with Crippen molar-refractivity contribution in [3.05, 3.63) is 35.9 Å². The number of primary amides is 1. The Morgan fingerprint density at radius 2 is 1.51 bits per heavy atom. The van der Waals surface area contributed by atoms with Crippen molar-refractivity contribution < 1.29 is 43.1 Å². The second-order valence-electron chi connectivity index (χ2n) is 9.87. The summed E-state index contributed by atoms with van der Waals surface area (Å²) in [7, 11) is 0. The van der Waals surface area contributed by atoms with Crippen LogP contribution in [0, 0.1) is 11.3 Å². The van der Waals surface area contributed by atoms with E-state index in [1.807, 2.05) is 0 Å². The molecule has 3 unspecified atom stereocenters. The van der Waals surface area contributed by atoms with Crippen molar-refractivity contribution in [2.24, 2.45) is 17.1 Å². The number of hydrogen-bond donors (Lipinski definition) is 7. The van der Waals surface area contributed by atoms with Gasteiger partial charge in [-0.3, -0.25) is 43.7 Å². The number of hydrogen-bond acceptors (Lipinski definition) is 9. The quantitative estimate of drug-likeness (QED) is 0.0535. The number of carbonyl (C=O) groups is 8. The Labute approximate surface area is 247 Å². The van der Waals surface area contributed by atoms with E-state index in [9.17, 15) is 38.4 Å². The molecule has 1 heterocycles. The number of nitrogens with one attached hydrogen (secondary N) is 6. The number of ether oxygens (including phenoxy) is 1. The molecule has 0 bridgehead atoms. The minimum atomic E-state index is -1.20. The van der Waals surface area contributed by atoms with Gasteiger partial charge in [0, 0.05) is 12.8 Å². The van der Waals surface area contributed by atoms with Gasteiger partial charge in [-0.2, -0.15) is 0 Å². The molecule has 1 fully saturated rings. The Bertz CT molecular complexity index is 1220. The van der Waals surface area contributed by atoms with E-state index in [1.54, 1.807) is 37.3 Å². The van der Waals surface area contributed by atoms with Crippen LogP contribution in [0.25, 0.3) is 0 Å².